The van der Waals surface area contributed by atoms with Gasteiger partial charge in [-0.2, -0.15) is 0 Å². The highest BCUT2D eigenvalue weighted by molar-refractivity contribution is 5.77. The van der Waals surface area contributed by atoms with E-state index in [4.69, 9.17) is 9.52 Å². The second-order valence-electron chi connectivity index (χ2n) is 4.25. The quantitative estimate of drug-likeness (QED) is 0.748. The van der Waals surface area contributed by atoms with E-state index in [1.165, 1.54) is 24.3 Å². The van der Waals surface area contributed by atoms with Gasteiger partial charge >= 0.3 is 0 Å². The molecule has 1 aromatic heterocycles. The van der Waals surface area contributed by atoms with Crippen molar-refractivity contribution in [2.45, 2.75) is 0 Å². The lowest BCUT2D eigenvalue weighted by Crippen LogP contribution is -1.78. The van der Waals surface area contributed by atoms with Gasteiger partial charge in [-0.3, -0.25) is 0 Å². The van der Waals surface area contributed by atoms with Crippen LogP contribution in [0.2, 0.25) is 0 Å². The summed E-state index contributed by atoms with van der Waals surface area (Å²) in [5.74, 6) is -0.616. The average molecular weight is 271 g/mol. The van der Waals surface area contributed by atoms with Crippen molar-refractivity contribution in [1.82, 2.24) is 4.98 Å². The zero-order valence-corrected chi connectivity index (χ0v) is 10.2. The monoisotopic (exact) mass is 271 g/mol. The summed E-state index contributed by atoms with van der Waals surface area (Å²) < 4.78 is 18.6. The molecule has 0 saturated heterocycles. The van der Waals surface area contributed by atoms with Crippen LogP contribution in [0.25, 0.3) is 23.3 Å². The first-order valence-corrected chi connectivity index (χ1v) is 5.88. The molecule has 0 fully saturated rings. The van der Waals surface area contributed by atoms with E-state index in [9.17, 15) is 9.50 Å². The van der Waals surface area contributed by atoms with E-state index in [-0.39, 0.29) is 11.5 Å². The van der Waals surface area contributed by atoms with Gasteiger partial charge in [0.2, 0.25) is 5.89 Å². The normalized spacial score (nSPS) is 11.4. The van der Waals surface area contributed by atoms with Crippen LogP contribution < -0.4 is 0 Å². The Kier molecular flexibility index (Phi) is 2.87. The van der Waals surface area contributed by atoms with E-state index in [0.29, 0.717) is 22.6 Å². The summed E-state index contributed by atoms with van der Waals surface area (Å²) in [6.45, 7) is 0. The van der Waals surface area contributed by atoms with Crippen LogP contribution in [0.5, 0.6) is 11.5 Å². The lowest BCUT2D eigenvalue weighted by Gasteiger charge is -1.95. The van der Waals surface area contributed by atoms with Gasteiger partial charge in [-0.05, 0) is 35.9 Å². The molecule has 2 aromatic carbocycles. The molecule has 0 atom stereocenters. The molecule has 0 spiro atoms. The number of halogens is 1. The van der Waals surface area contributed by atoms with E-state index in [0.717, 1.165) is 0 Å². The van der Waals surface area contributed by atoms with Crippen molar-refractivity contribution in [3.8, 4) is 11.5 Å². The first-order chi connectivity index (χ1) is 9.61. The first-order valence-electron chi connectivity index (χ1n) is 5.88. The molecule has 0 radical (unpaired) electrons. The average Bonchev–Trinajstić information content (AvgIpc) is 2.82. The predicted octanol–water partition coefficient (Wildman–Crippen LogP) is 3.55. The Morgan fingerprint density at radius 1 is 1.05 bits per heavy atom. The maximum Gasteiger partial charge on any atom is 0.220 e. The summed E-state index contributed by atoms with van der Waals surface area (Å²) in [5.41, 5.74) is 1.67. The number of nitrogens with zero attached hydrogens (tertiary/aromatic N) is 1. The maximum absolute atomic E-state index is 13.2. The molecule has 0 bridgehead atoms. The van der Waals surface area contributed by atoms with Gasteiger partial charge in [0.25, 0.3) is 0 Å². The standard InChI is InChI=1S/C15H10FNO3/c16-11-7-9(1-4-13(11)19)2-6-15-17-12-8-10(18)3-5-14(12)20-15/h1-8,18-19H/b6-2-. The van der Waals surface area contributed by atoms with E-state index < -0.39 is 5.82 Å². The van der Waals surface area contributed by atoms with Gasteiger partial charge in [-0.1, -0.05) is 6.07 Å². The zero-order valence-electron chi connectivity index (χ0n) is 10.2. The Bertz CT molecular complexity index is 808. The summed E-state index contributed by atoms with van der Waals surface area (Å²) in [6, 6.07) is 8.69. The van der Waals surface area contributed by atoms with Crippen molar-refractivity contribution in [3.05, 3.63) is 53.7 Å². The van der Waals surface area contributed by atoms with Crippen LogP contribution in [0, 0.1) is 5.82 Å². The van der Waals surface area contributed by atoms with Crippen LogP contribution in [-0.4, -0.2) is 15.2 Å². The van der Waals surface area contributed by atoms with Gasteiger partial charge in [-0.25, -0.2) is 9.37 Å². The summed E-state index contributed by atoms with van der Waals surface area (Å²) >= 11 is 0. The molecular weight excluding hydrogens is 261 g/mol. The summed E-state index contributed by atoms with van der Waals surface area (Å²) in [7, 11) is 0. The van der Waals surface area contributed by atoms with Crippen LogP contribution in [0.15, 0.2) is 40.8 Å². The Hall–Kier alpha value is -2.82. The largest absolute Gasteiger partial charge is 0.508 e. The summed E-state index contributed by atoms with van der Waals surface area (Å²) in [6.07, 6.45) is 3.20. The number of hydrogen-bond acceptors (Lipinski definition) is 4. The number of aromatic nitrogens is 1. The third-order valence-corrected chi connectivity index (χ3v) is 2.78. The van der Waals surface area contributed by atoms with Crippen LogP contribution >= 0.6 is 0 Å². The molecule has 0 unspecified atom stereocenters. The highest BCUT2D eigenvalue weighted by Gasteiger charge is 2.04. The molecule has 2 N–H and O–H groups in total. The molecule has 1 heterocycles. The molecule has 100 valence electrons. The minimum Gasteiger partial charge on any atom is -0.508 e. The SMILES string of the molecule is Oc1ccc2oc(/C=C\c3ccc(O)c(F)c3)nc2c1. The third kappa shape index (κ3) is 2.33. The zero-order chi connectivity index (χ0) is 14.1. The topological polar surface area (TPSA) is 66.5 Å². The molecule has 0 amide bonds. The number of phenolic OH excluding ortho intramolecular Hbond substituents is 2. The molecule has 4 nitrogen and oxygen atoms in total. The maximum atomic E-state index is 13.2. The van der Waals surface area contributed by atoms with Crippen molar-refractivity contribution in [1.29, 1.82) is 0 Å². The predicted molar refractivity (Wildman–Crippen MR) is 72.7 cm³/mol. The van der Waals surface area contributed by atoms with Crippen LogP contribution in [0.1, 0.15) is 11.5 Å². The third-order valence-electron chi connectivity index (χ3n) is 2.78. The molecule has 5 heteroatoms. The Morgan fingerprint density at radius 2 is 1.90 bits per heavy atom. The fraction of sp³-hybridized carbons (Fsp3) is 0. The van der Waals surface area contributed by atoms with Crippen molar-refractivity contribution in [2.24, 2.45) is 0 Å². The van der Waals surface area contributed by atoms with Crippen molar-refractivity contribution < 1.29 is 19.0 Å². The second-order valence-corrected chi connectivity index (χ2v) is 4.25. The number of rotatable bonds is 2. The van der Waals surface area contributed by atoms with Crippen molar-refractivity contribution in [2.75, 3.05) is 0 Å². The Balaban J connectivity index is 1.91. The molecule has 3 aromatic rings. The van der Waals surface area contributed by atoms with E-state index >= 15 is 0 Å². The molecule has 0 aliphatic rings. The number of aromatic hydroxyl groups is 2. The second kappa shape index (κ2) is 4.70. The van der Waals surface area contributed by atoms with Gasteiger partial charge in [0.1, 0.15) is 11.3 Å². The molecular formula is C15H10FNO3. The first kappa shape index (κ1) is 12.2. The number of benzene rings is 2. The van der Waals surface area contributed by atoms with E-state index in [1.54, 1.807) is 24.3 Å². The summed E-state index contributed by atoms with van der Waals surface area (Å²) in [4.78, 5) is 4.17. The summed E-state index contributed by atoms with van der Waals surface area (Å²) in [5, 5.41) is 18.4. The highest BCUT2D eigenvalue weighted by atomic mass is 19.1. The van der Waals surface area contributed by atoms with Gasteiger partial charge < -0.3 is 14.6 Å². The molecule has 0 saturated carbocycles. The fourth-order valence-electron chi connectivity index (χ4n) is 1.80. The van der Waals surface area contributed by atoms with Crippen LogP contribution in [0.3, 0.4) is 0 Å². The molecule has 0 aliphatic carbocycles. The highest BCUT2D eigenvalue weighted by Crippen LogP contribution is 2.22. The number of fused-ring (bicyclic) bond motifs is 1. The minimum absolute atomic E-state index is 0.113. The lowest BCUT2D eigenvalue weighted by atomic mass is 10.2. The smallest absolute Gasteiger partial charge is 0.220 e. The number of hydrogen-bond donors (Lipinski definition) is 2. The fourth-order valence-corrected chi connectivity index (χ4v) is 1.80. The van der Waals surface area contributed by atoms with Crippen molar-refractivity contribution in [3.63, 3.8) is 0 Å². The molecule has 0 aliphatic heterocycles. The van der Waals surface area contributed by atoms with Gasteiger partial charge in [-0.15, -0.1) is 0 Å². The molecule has 3 rings (SSSR count). The van der Waals surface area contributed by atoms with Gasteiger partial charge in [0, 0.05) is 12.1 Å². The van der Waals surface area contributed by atoms with Crippen molar-refractivity contribution >= 4 is 23.3 Å². The van der Waals surface area contributed by atoms with Crippen LogP contribution in [-0.2, 0) is 0 Å². The minimum atomic E-state index is -0.686. The lowest BCUT2D eigenvalue weighted by molar-refractivity contribution is 0.432. The molecule has 20 heavy (non-hydrogen) atoms. The number of phenols is 2. The van der Waals surface area contributed by atoms with E-state index in [1.807, 2.05) is 0 Å². The van der Waals surface area contributed by atoms with E-state index in [2.05, 4.69) is 4.98 Å². The number of oxazole rings is 1. The van der Waals surface area contributed by atoms with Gasteiger partial charge in [0.05, 0.1) is 0 Å². The Morgan fingerprint density at radius 3 is 2.70 bits per heavy atom. The van der Waals surface area contributed by atoms with Crippen LogP contribution in [0.4, 0.5) is 4.39 Å². The van der Waals surface area contributed by atoms with Gasteiger partial charge in [0.15, 0.2) is 17.1 Å². The Labute approximate surface area is 113 Å².